The molecule has 102 valence electrons. The fraction of sp³-hybridized carbons (Fsp3) is 0.545. The van der Waals surface area contributed by atoms with Crippen molar-refractivity contribution in [3.8, 4) is 0 Å². The molecule has 6 nitrogen and oxygen atoms in total. The van der Waals surface area contributed by atoms with Crippen LogP contribution in [-0.4, -0.2) is 45.0 Å². The number of aromatic nitrogens is 1. The number of nitrogens with zero attached hydrogens (tertiary/aromatic N) is 1. The zero-order valence-corrected chi connectivity index (χ0v) is 11.6. The highest BCUT2D eigenvalue weighted by Gasteiger charge is 2.17. The molecule has 0 aliphatic heterocycles. The molecule has 0 aliphatic rings. The Balaban J connectivity index is 2.70. The molecule has 0 aliphatic carbocycles. The highest BCUT2D eigenvalue weighted by molar-refractivity contribution is 7.89. The second-order valence-corrected chi connectivity index (χ2v) is 6.22. The number of aromatic amines is 1. The molecule has 0 radical (unpaired) electrons. The van der Waals surface area contributed by atoms with Gasteiger partial charge in [0.15, 0.2) is 0 Å². The summed E-state index contributed by atoms with van der Waals surface area (Å²) in [6.07, 6.45) is 1.92. The van der Waals surface area contributed by atoms with E-state index >= 15 is 0 Å². The van der Waals surface area contributed by atoms with Crippen LogP contribution in [0.3, 0.4) is 0 Å². The fourth-order valence-electron chi connectivity index (χ4n) is 1.41. The van der Waals surface area contributed by atoms with Crippen LogP contribution in [0.5, 0.6) is 0 Å². The maximum absolute atomic E-state index is 12.0. The zero-order chi connectivity index (χ0) is 13.8. The summed E-state index contributed by atoms with van der Waals surface area (Å²) in [6.45, 7) is 2.61. The molecule has 0 aromatic carbocycles. The molecule has 0 saturated heterocycles. The molecule has 1 atom stereocenters. The quantitative estimate of drug-likeness (QED) is 0.764. The van der Waals surface area contributed by atoms with Gasteiger partial charge in [-0.25, -0.2) is 13.1 Å². The van der Waals surface area contributed by atoms with E-state index in [2.05, 4.69) is 9.71 Å². The van der Waals surface area contributed by atoms with Crippen LogP contribution in [0.15, 0.2) is 28.0 Å². The third-order valence-corrected chi connectivity index (χ3v) is 4.02. The largest absolute Gasteiger partial charge is 0.328 e. The van der Waals surface area contributed by atoms with Gasteiger partial charge in [-0.05, 0) is 40.1 Å². The van der Waals surface area contributed by atoms with Crippen molar-refractivity contribution >= 4 is 10.0 Å². The molecule has 0 saturated carbocycles. The third-order valence-electron chi connectivity index (χ3n) is 2.43. The summed E-state index contributed by atoms with van der Waals surface area (Å²) in [4.78, 5) is 15.3. The lowest BCUT2D eigenvalue weighted by molar-refractivity contribution is 0.379. The van der Waals surface area contributed by atoms with Crippen molar-refractivity contribution in [1.29, 1.82) is 0 Å². The van der Waals surface area contributed by atoms with Gasteiger partial charge in [-0.2, -0.15) is 0 Å². The highest BCUT2D eigenvalue weighted by Crippen LogP contribution is 2.06. The first-order valence-electron chi connectivity index (χ1n) is 5.67. The number of H-pyrrole nitrogens is 1. The molecule has 0 spiro atoms. The summed E-state index contributed by atoms with van der Waals surface area (Å²) in [6, 6.07) is 2.32. The average Bonchev–Trinajstić information content (AvgIpc) is 2.26. The molecule has 0 fully saturated rings. The Morgan fingerprint density at radius 3 is 2.56 bits per heavy atom. The minimum absolute atomic E-state index is 0.0683. The SMILES string of the molecule is CC(CCN(C)C)NS(=O)(=O)c1ccc(=O)[nH]c1. The molecular formula is C11H19N3O3S. The minimum atomic E-state index is -3.56. The van der Waals surface area contributed by atoms with E-state index in [9.17, 15) is 13.2 Å². The molecule has 1 aromatic heterocycles. The summed E-state index contributed by atoms with van der Waals surface area (Å²) in [5.74, 6) is 0. The fourth-order valence-corrected chi connectivity index (χ4v) is 2.65. The summed E-state index contributed by atoms with van der Waals surface area (Å²) in [5, 5.41) is 0. The van der Waals surface area contributed by atoms with E-state index in [0.717, 1.165) is 13.0 Å². The van der Waals surface area contributed by atoms with Crippen molar-refractivity contribution in [1.82, 2.24) is 14.6 Å². The highest BCUT2D eigenvalue weighted by atomic mass is 32.2. The van der Waals surface area contributed by atoms with Gasteiger partial charge in [0, 0.05) is 18.3 Å². The van der Waals surface area contributed by atoms with Gasteiger partial charge in [-0.1, -0.05) is 0 Å². The van der Waals surface area contributed by atoms with Crippen LogP contribution in [0.4, 0.5) is 0 Å². The Hall–Kier alpha value is -1.18. The Morgan fingerprint density at radius 1 is 1.39 bits per heavy atom. The Morgan fingerprint density at radius 2 is 2.06 bits per heavy atom. The van der Waals surface area contributed by atoms with E-state index in [0.29, 0.717) is 0 Å². The predicted octanol–water partition coefficient (Wildman–Crippen LogP) is -0.00660. The minimum Gasteiger partial charge on any atom is -0.328 e. The van der Waals surface area contributed by atoms with Gasteiger partial charge in [0.05, 0.1) is 4.90 Å². The van der Waals surface area contributed by atoms with Gasteiger partial charge in [0.25, 0.3) is 0 Å². The normalized spacial score (nSPS) is 13.8. The topological polar surface area (TPSA) is 82.3 Å². The summed E-state index contributed by atoms with van der Waals surface area (Å²) in [5.41, 5.74) is -0.324. The van der Waals surface area contributed by atoms with Crippen LogP contribution >= 0.6 is 0 Å². The molecule has 1 aromatic rings. The average molecular weight is 273 g/mol. The number of sulfonamides is 1. The van der Waals surface area contributed by atoms with Crippen LogP contribution in [0.2, 0.25) is 0 Å². The van der Waals surface area contributed by atoms with Crippen molar-refractivity contribution in [2.75, 3.05) is 20.6 Å². The van der Waals surface area contributed by atoms with Gasteiger partial charge < -0.3 is 9.88 Å². The molecule has 7 heteroatoms. The zero-order valence-electron chi connectivity index (χ0n) is 10.8. The van der Waals surface area contributed by atoms with Crippen molar-refractivity contribution in [3.63, 3.8) is 0 Å². The van der Waals surface area contributed by atoms with E-state index < -0.39 is 10.0 Å². The molecule has 1 heterocycles. The van der Waals surface area contributed by atoms with Crippen LogP contribution in [0.25, 0.3) is 0 Å². The second-order valence-electron chi connectivity index (χ2n) is 4.50. The van der Waals surface area contributed by atoms with Crippen LogP contribution < -0.4 is 10.3 Å². The van der Waals surface area contributed by atoms with Crippen molar-refractivity contribution in [2.45, 2.75) is 24.3 Å². The van der Waals surface area contributed by atoms with Crippen LogP contribution in [0.1, 0.15) is 13.3 Å². The molecule has 0 bridgehead atoms. The number of hydrogen-bond donors (Lipinski definition) is 2. The van der Waals surface area contributed by atoms with Gasteiger partial charge in [0.1, 0.15) is 0 Å². The molecule has 0 amide bonds. The molecule has 1 rings (SSSR count). The van der Waals surface area contributed by atoms with Crippen molar-refractivity contribution in [3.05, 3.63) is 28.7 Å². The lowest BCUT2D eigenvalue weighted by Crippen LogP contribution is -2.35. The Kier molecular flexibility index (Phi) is 5.06. The van der Waals surface area contributed by atoms with E-state index in [1.165, 1.54) is 18.3 Å². The number of nitrogens with one attached hydrogen (secondary N) is 2. The third kappa shape index (κ3) is 4.59. The van der Waals surface area contributed by atoms with E-state index in [1.807, 2.05) is 25.9 Å². The Labute approximate surface area is 107 Å². The maximum Gasteiger partial charge on any atom is 0.247 e. The second kappa shape index (κ2) is 6.12. The molecular weight excluding hydrogens is 254 g/mol. The molecule has 18 heavy (non-hydrogen) atoms. The standard InChI is InChI=1S/C11H19N3O3S/c1-9(6-7-14(2)3)13-18(16,17)10-4-5-11(15)12-8-10/h4-5,8-9,13H,6-7H2,1-3H3,(H,12,15). The number of rotatable bonds is 6. The summed E-state index contributed by atoms with van der Waals surface area (Å²) in [7, 11) is 0.305. The van der Waals surface area contributed by atoms with E-state index in [-0.39, 0.29) is 16.5 Å². The van der Waals surface area contributed by atoms with Gasteiger partial charge in [-0.3, -0.25) is 4.79 Å². The van der Waals surface area contributed by atoms with Crippen LogP contribution in [-0.2, 0) is 10.0 Å². The Bertz CT molecular complexity index is 516. The summed E-state index contributed by atoms with van der Waals surface area (Å²) >= 11 is 0. The maximum atomic E-state index is 12.0. The smallest absolute Gasteiger partial charge is 0.247 e. The lowest BCUT2D eigenvalue weighted by Gasteiger charge is -2.16. The van der Waals surface area contributed by atoms with Gasteiger partial charge in [0.2, 0.25) is 15.6 Å². The first-order valence-corrected chi connectivity index (χ1v) is 7.15. The molecule has 2 N–H and O–H groups in total. The van der Waals surface area contributed by atoms with Gasteiger partial charge in [-0.15, -0.1) is 0 Å². The van der Waals surface area contributed by atoms with E-state index in [4.69, 9.17) is 0 Å². The van der Waals surface area contributed by atoms with Crippen LogP contribution in [0, 0.1) is 0 Å². The summed E-state index contributed by atoms with van der Waals surface area (Å²) < 4.78 is 26.5. The number of pyridine rings is 1. The van der Waals surface area contributed by atoms with Gasteiger partial charge >= 0.3 is 0 Å². The molecule has 1 unspecified atom stereocenters. The first-order chi connectivity index (χ1) is 8.31. The monoisotopic (exact) mass is 273 g/mol. The van der Waals surface area contributed by atoms with Crippen molar-refractivity contribution in [2.24, 2.45) is 0 Å². The number of hydrogen-bond acceptors (Lipinski definition) is 4. The van der Waals surface area contributed by atoms with Crippen molar-refractivity contribution < 1.29 is 8.42 Å². The first kappa shape index (κ1) is 14.9. The predicted molar refractivity (Wildman–Crippen MR) is 70.0 cm³/mol. The van der Waals surface area contributed by atoms with E-state index in [1.54, 1.807) is 0 Å². The lowest BCUT2D eigenvalue weighted by atomic mass is 10.2.